The molecule has 132 valence electrons. The lowest BCUT2D eigenvalue weighted by Gasteiger charge is -2.41. The summed E-state index contributed by atoms with van der Waals surface area (Å²) in [5, 5.41) is 3.42. The largest absolute Gasteiger partial charge is 0.342 e. The molecule has 4 heteroatoms. The van der Waals surface area contributed by atoms with E-state index in [9.17, 15) is 4.79 Å². The molecule has 1 amide bonds. The maximum atomic E-state index is 12.8. The number of nitrogens with one attached hydrogen (secondary N) is 1. The Morgan fingerprint density at radius 1 is 1.21 bits per heavy atom. The Kier molecular flexibility index (Phi) is 5.90. The van der Waals surface area contributed by atoms with Gasteiger partial charge in [-0.05, 0) is 31.7 Å². The van der Waals surface area contributed by atoms with Gasteiger partial charge in [0.25, 0.3) is 0 Å². The van der Waals surface area contributed by atoms with E-state index in [1.165, 1.54) is 11.1 Å². The van der Waals surface area contributed by atoms with Crippen molar-refractivity contribution in [3.63, 3.8) is 0 Å². The van der Waals surface area contributed by atoms with Crippen molar-refractivity contribution in [3.05, 3.63) is 35.4 Å². The van der Waals surface area contributed by atoms with Crippen LogP contribution in [0.1, 0.15) is 30.9 Å². The minimum Gasteiger partial charge on any atom is -0.342 e. The molecule has 0 aliphatic carbocycles. The van der Waals surface area contributed by atoms with Gasteiger partial charge >= 0.3 is 0 Å². The average molecular weight is 329 g/mol. The highest BCUT2D eigenvalue weighted by Crippen LogP contribution is 2.20. The molecular formula is C20H31N3O. The topological polar surface area (TPSA) is 35.6 Å². The number of piperidine rings is 1. The Morgan fingerprint density at radius 3 is 2.58 bits per heavy atom. The van der Waals surface area contributed by atoms with E-state index in [4.69, 9.17) is 0 Å². The predicted octanol–water partition coefficient (Wildman–Crippen LogP) is 2.07. The second-order valence-corrected chi connectivity index (χ2v) is 7.44. The molecule has 1 N–H and O–H groups in total. The molecule has 2 heterocycles. The van der Waals surface area contributed by atoms with E-state index in [1.807, 2.05) is 0 Å². The molecule has 0 radical (unpaired) electrons. The summed E-state index contributed by atoms with van der Waals surface area (Å²) in [6.07, 6.45) is 3.10. The number of hydrogen-bond donors (Lipinski definition) is 1. The molecule has 2 fully saturated rings. The van der Waals surface area contributed by atoms with Gasteiger partial charge in [-0.1, -0.05) is 36.8 Å². The van der Waals surface area contributed by atoms with Crippen LogP contribution in [0.15, 0.2) is 24.3 Å². The number of hydrogen-bond acceptors (Lipinski definition) is 3. The first-order valence-electron chi connectivity index (χ1n) is 9.42. The van der Waals surface area contributed by atoms with Crippen LogP contribution in [0.4, 0.5) is 0 Å². The van der Waals surface area contributed by atoms with Gasteiger partial charge in [0, 0.05) is 51.2 Å². The third-order valence-electron chi connectivity index (χ3n) is 5.49. The molecule has 0 bridgehead atoms. The molecule has 1 atom stereocenters. The number of benzene rings is 1. The van der Waals surface area contributed by atoms with Gasteiger partial charge in [0.2, 0.25) is 5.91 Å². The Hall–Kier alpha value is -1.39. The minimum absolute atomic E-state index is 0.0718. The van der Waals surface area contributed by atoms with Crippen molar-refractivity contribution in [2.24, 2.45) is 5.92 Å². The number of piperazine rings is 1. The molecule has 3 rings (SSSR count). The molecule has 1 aromatic carbocycles. The first-order chi connectivity index (χ1) is 11.6. The average Bonchev–Trinajstić information content (AvgIpc) is 2.62. The van der Waals surface area contributed by atoms with E-state index >= 15 is 0 Å². The monoisotopic (exact) mass is 329 g/mol. The Morgan fingerprint density at radius 2 is 1.92 bits per heavy atom. The molecule has 24 heavy (non-hydrogen) atoms. The van der Waals surface area contributed by atoms with Crippen LogP contribution in [-0.2, 0) is 11.2 Å². The fourth-order valence-electron chi connectivity index (χ4n) is 4.09. The first kappa shape index (κ1) is 17.4. The smallest absolute Gasteiger partial charge is 0.225 e. The third-order valence-corrected chi connectivity index (χ3v) is 5.49. The van der Waals surface area contributed by atoms with E-state index < -0.39 is 0 Å². The first-order valence-corrected chi connectivity index (χ1v) is 9.42. The van der Waals surface area contributed by atoms with Crippen LogP contribution in [0.3, 0.4) is 0 Å². The minimum atomic E-state index is 0.0718. The van der Waals surface area contributed by atoms with Crippen molar-refractivity contribution in [1.29, 1.82) is 0 Å². The summed E-state index contributed by atoms with van der Waals surface area (Å²) >= 11 is 0. The van der Waals surface area contributed by atoms with Gasteiger partial charge in [0.05, 0.1) is 0 Å². The van der Waals surface area contributed by atoms with Crippen LogP contribution >= 0.6 is 0 Å². The number of rotatable bonds is 4. The molecule has 2 saturated heterocycles. The van der Waals surface area contributed by atoms with Gasteiger partial charge in [0.1, 0.15) is 0 Å². The van der Waals surface area contributed by atoms with Gasteiger partial charge in [-0.2, -0.15) is 0 Å². The standard InChI is InChI=1S/C20H31N3O/c1-16-4-3-5-18(14-16)15-17(2)20(24)23-10-6-19(7-11-23)22-12-8-21-9-13-22/h3-5,14,17,19,21H,6-13,15H2,1-2H3/t17-/m1/s1. The van der Waals surface area contributed by atoms with Crippen LogP contribution in [0.25, 0.3) is 0 Å². The van der Waals surface area contributed by atoms with Crippen LogP contribution in [0, 0.1) is 12.8 Å². The molecule has 0 saturated carbocycles. The zero-order valence-corrected chi connectivity index (χ0v) is 15.1. The maximum absolute atomic E-state index is 12.8. The van der Waals surface area contributed by atoms with Gasteiger partial charge < -0.3 is 10.2 Å². The number of amides is 1. The van der Waals surface area contributed by atoms with Crippen molar-refractivity contribution in [1.82, 2.24) is 15.1 Å². The quantitative estimate of drug-likeness (QED) is 0.918. The molecule has 4 nitrogen and oxygen atoms in total. The van der Waals surface area contributed by atoms with E-state index in [1.54, 1.807) is 0 Å². The molecular weight excluding hydrogens is 298 g/mol. The van der Waals surface area contributed by atoms with Crippen LogP contribution < -0.4 is 5.32 Å². The summed E-state index contributed by atoms with van der Waals surface area (Å²) < 4.78 is 0. The maximum Gasteiger partial charge on any atom is 0.225 e. The highest BCUT2D eigenvalue weighted by atomic mass is 16.2. The SMILES string of the molecule is Cc1cccc(C[C@@H](C)C(=O)N2CCC(N3CCNCC3)CC2)c1. The Bertz CT molecular complexity index is 546. The summed E-state index contributed by atoms with van der Waals surface area (Å²) in [5.74, 6) is 0.401. The number of carbonyl (C=O) groups is 1. The Balaban J connectivity index is 1.49. The molecule has 2 aliphatic rings. The highest BCUT2D eigenvalue weighted by molar-refractivity contribution is 5.78. The van der Waals surface area contributed by atoms with E-state index in [0.29, 0.717) is 11.9 Å². The van der Waals surface area contributed by atoms with Crippen LogP contribution in [0.5, 0.6) is 0 Å². The van der Waals surface area contributed by atoms with E-state index in [0.717, 1.165) is 58.5 Å². The van der Waals surface area contributed by atoms with Gasteiger partial charge in [0.15, 0.2) is 0 Å². The Labute approximate surface area is 146 Å². The predicted molar refractivity (Wildman–Crippen MR) is 98.1 cm³/mol. The number of carbonyl (C=O) groups excluding carboxylic acids is 1. The summed E-state index contributed by atoms with van der Waals surface area (Å²) in [7, 11) is 0. The van der Waals surface area contributed by atoms with Crippen molar-refractivity contribution >= 4 is 5.91 Å². The van der Waals surface area contributed by atoms with Gasteiger partial charge in [-0.25, -0.2) is 0 Å². The third kappa shape index (κ3) is 4.37. The second-order valence-electron chi connectivity index (χ2n) is 7.44. The van der Waals surface area contributed by atoms with Crippen LogP contribution in [0.2, 0.25) is 0 Å². The summed E-state index contributed by atoms with van der Waals surface area (Å²) in [4.78, 5) is 17.5. The van der Waals surface area contributed by atoms with Gasteiger partial charge in [-0.15, -0.1) is 0 Å². The normalized spacial score (nSPS) is 21.7. The van der Waals surface area contributed by atoms with Crippen molar-refractivity contribution in [2.75, 3.05) is 39.3 Å². The summed E-state index contributed by atoms with van der Waals surface area (Å²) in [6, 6.07) is 9.19. The van der Waals surface area contributed by atoms with E-state index in [-0.39, 0.29) is 5.92 Å². The number of aryl methyl sites for hydroxylation is 1. The summed E-state index contributed by atoms with van der Waals surface area (Å²) in [5.41, 5.74) is 2.54. The lowest BCUT2D eigenvalue weighted by molar-refractivity contribution is -0.136. The van der Waals surface area contributed by atoms with Crippen molar-refractivity contribution in [3.8, 4) is 0 Å². The second kappa shape index (κ2) is 8.13. The highest BCUT2D eigenvalue weighted by Gasteiger charge is 2.29. The fourth-order valence-corrected chi connectivity index (χ4v) is 4.09. The molecule has 1 aromatic rings. The molecule has 0 spiro atoms. The number of nitrogens with zero attached hydrogens (tertiary/aromatic N) is 2. The molecule has 2 aliphatic heterocycles. The zero-order valence-electron chi connectivity index (χ0n) is 15.1. The zero-order chi connectivity index (χ0) is 16.9. The lowest BCUT2D eigenvalue weighted by atomic mass is 9.96. The molecule has 0 aromatic heterocycles. The number of likely N-dealkylation sites (tertiary alicyclic amines) is 1. The van der Waals surface area contributed by atoms with Crippen LogP contribution in [-0.4, -0.2) is 61.0 Å². The fraction of sp³-hybridized carbons (Fsp3) is 0.650. The molecule has 0 unspecified atom stereocenters. The lowest BCUT2D eigenvalue weighted by Crippen LogP contribution is -2.53. The van der Waals surface area contributed by atoms with Crippen molar-refractivity contribution < 1.29 is 4.79 Å². The summed E-state index contributed by atoms with van der Waals surface area (Å²) in [6.45, 7) is 10.5. The van der Waals surface area contributed by atoms with Gasteiger partial charge in [-0.3, -0.25) is 9.69 Å². The van der Waals surface area contributed by atoms with Crippen molar-refractivity contribution in [2.45, 2.75) is 39.2 Å². The van der Waals surface area contributed by atoms with E-state index in [2.05, 4.69) is 53.2 Å².